The molecule has 3 rings (SSSR count). The average molecular weight is 484 g/mol. The van der Waals surface area contributed by atoms with Crippen molar-refractivity contribution in [2.24, 2.45) is 4.99 Å². The van der Waals surface area contributed by atoms with Crippen molar-refractivity contribution in [3.05, 3.63) is 54.4 Å². The summed E-state index contributed by atoms with van der Waals surface area (Å²) in [6.07, 6.45) is 5.27. The third-order valence-corrected chi connectivity index (χ3v) is 3.83. The number of hydrogen-bond acceptors (Lipinski definition) is 5. The number of hydrogen-bond donors (Lipinski definition) is 2. The molecule has 0 aromatic carbocycles. The molecule has 0 aliphatic carbocycles. The van der Waals surface area contributed by atoms with Crippen LogP contribution in [0.5, 0.6) is 0 Å². The molecule has 0 atom stereocenters. The molecule has 0 saturated carbocycles. The van der Waals surface area contributed by atoms with Gasteiger partial charge in [0.15, 0.2) is 11.6 Å². The number of ether oxygens (including phenoxy) is 1. The van der Waals surface area contributed by atoms with E-state index in [0.717, 1.165) is 49.1 Å². The minimum Gasteiger partial charge on any atom is -0.467 e. The number of nitrogens with zero attached hydrogens (tertiary/aromatic N) is 4. The maximum absolute atomic E-state index is 5.55. The molecule has 8 nitrogen and oxygen atoms in total. The van der Waals surface area contributed by atoms with Gasteiger partial charge >= 0.3 is 0 Å². The standard InChI is InChI=1S/C18H24N6O2.HI/c1-19-18(20-9-5-12-25-14-15-6-4-13-26-15)21-10-8-17-23-22-16-7-2-3-11-24(16)17;/h2-4,6-7,11,13H,5,8-10,12,14H2,1H3,(H2,19,20,21);1H. The fourth-order valence-electron chi connectivity index (χ4n) is 2.52. The van der Waals surface area contributed by atoms with Crippen molar-refractivity contribution < 1.29 is 9.15 Å². The molecule has 0 unspecified atom stereocenters. The summed E-state index contributed by atoms with van der Waals surface area (Å²) in [4.78, 5) is 4.22. The SMILES string of the molecule is CN=C(NCCCOCc1ccco1)NCCc1nnc2ccccn12.I. The van der Waals surface area contributed by atoms with E-state index in [1.807, 2.05) is 40.9 Å². The van der Waals surface area contributed by atoms with Crippen LogP contribution < -0.4 is 10.6 Å². The molecule has 0 spiro atoms. The molecular weight excluding hydrogens is 459 g/mol. The van der Waals surface area contributed by atoms with Gasteiger partial charge in [-0.25, -0.2) is 0 Å². The van der Waals surface area contributed by atoms with Gasteiger partial charge in [-0.05, 0) is 30.7 Å². The molecule has 2 N–H and O–H groups in total. The van der Waals surface area contributed by atoms with E-state index in [1.165, 1.54) is 0 Å². The van der Waals surface area contributed by atoms with Crippen LogP contribution >= 0.6 is 24.0 Å². The van der Waals surface area contributed by atoms with Gasteiger partial charge in [0.25, 0.3) is 0 Å². The van der Waals surface area contributed by atoms with Crippen LogP contribution in [0.15, 0.2) is 52.2 Å². The summed E-state index contributed by atoms with van der Waals surface area (Å²) < 4.78 is 12.8. The molecule has 0 amide bonds. The molecule has 3 heterocycles. The number of rotatable bonds is 9. The van der Waals surface area contributed by atoms with E-state index in [4.69, 9.17) is 9.15 Å². The summed E-state index contributed by atoms with van der Waals surface area (Å²) in [5, 5.41) is 14.9. The van der Waals surface area contributed by atoms with Gasteiger partial charge in [-0.1, -0.05) is 6.07 Å². The monoisotopic (exact) mass is 484 g/mol. The summed E-state index contributed by atoms with van der Waals surface area (Å²) in [5.41, 5.74) is 0.861. The number of nitrogens with one attached hydrogen (secondary N) is 2. The van der Waals surface area contributed by atoms with Gasteiger partial charge in [-0.2, -0.15) is 0 Å². The first-order valence-corrected chi connectivity index (χ1v) is 8.70. The first kappa shape index (κ1) is 21.2. The van der Waals surface area contributed by atoms with Crippen molar-refractivity contribution in [1.82, 2.24) is 25.2 Å². The van der Waals surface area contributed by atoms with Gasteiger partial charge < -0.3 is 19.8 Å². The highest BCUT2D eigenvalue weighted by Crippen LogP contribution is 2.03. The number of furan rings is 1. The molecule has 0 aliphatic rings. The lowest BCUT2D eigenvalue weighted by Crippen LogP contribution is -2.39. The molecule has 9 heteroatoms. The zero-order valence-corrected chi connectivity index (χ0v) is 17.6. The lowest BCUT2D eigenvalue weighted by Gasteiger charge is -2.11. The van der Waals surface area contributed by atoms with Crippen molar-refractivity contribution >= 4 is 35.6 Å². The summed E-state index contributed by atoms with van der Waals surface area (Å²) in [5.74, 6) is 2.54. The molecule has 0 saturated heterocycles. The third-order valence-electron chi connectivity index (χ3n) is 3.83. The first-order valence-electron chi connectivity index (χ1n) is 8.70. The van der Waals surface area contributed by atoms with Gasteiger partial charge in [0, 0.05) is 39.4 Å². The number of fused-ring (bicyclic) bond motifs is 1. The Balaban J connectivity index is 0.00000261. The van der Waals surface area contributed by atoms with Crippen molar-refractivity contribution in [2.75, 3.05) is 26.7 Å². The van der Waals surface area contributed by atoms with Crippen molar-refractivity contribution in [3.63, 3.8) is 0 Å². The Morgan fingerprint density at radius 1 is 1.19 bits per heavy atom. The van der Waals surface area contributed by atoms with Crippen LogP contribution in [0.25, 0.3) is 5.65 Å². The minimum absolute atomic E-state index is 0. The lowest BCUT2D eigenvalue weighted by molar-refractivity contribution is 0.105. The molecule has 3 aromatic rings. The molecule has 0 aliphatic heterocycles. The number of pyridine rings is 1. The zero-order valence-electron chi connectivity index (χ0n) is 15.3. The maximum Gasteiger partial charge on any atom is 0.190 e. The van der Waals surface area contributed by atoms with E-state index in [-0.39, 0.29) is 24.0 Å². The van der Waals surface area contributed by atoms with Crippen molar-refractivity contribution in [3.8, 4) is 0 Å². The molecule has 3 aromatic heterocycles. The summed E-state index contributed by atoms with van der Waals surface area (Å²) in [6.45, 7) is 2.68. The lowest BCUT2D eigenvalue weighted by atomic mass is 10.4. The van der Waals surface area contributed by atoms with E-state index < -0.39 is 0 Å². The maximum atomic E-state index is 5.55. The number of guanidine groups is 1. The second kappa shape index (κ2) is 11.5. The summed E-state index contributed by atoms with van der Waals surface area (Å²) in [7, 11) is 1.76. The largest absolute Gasteiger partial charge is 0.467 e. The number of halogens is 1. The van der Waals surface area contributed by atoms with Crippen LogP contribution in [0, 0.1) is 0 Å². The molecule has 27 heavy (non-hydrogen) atoms. The quantitative estimate of drug-likeness (QED) is 0.210. The van der Waals surface area contributed by atoms with E-state index in [2.05, 4.69) is 25.8 Å². The zero-order chi connectivity index (χ0) is 18.0. The highest BCUT2D eigenvalue weighted by molar-refractivity contribution is 14.0. The number of aromatic nitrogens is 3. The predicted octanol–water partition coefficient (Wildman–Crippen LogP) is 2.25. The van der Waals surface area contributed by atoms with Gasteiger partial charge in [0.2, 0.25) is 0 Å². The van der Waals surface area contributed by atoms with Crippen LogP contribution in [0.3, 0.4) is 0 Å². The van der Waals surface area contributed by atoms with E-state index in [9.17, 15) is 0 Å². The summed E-state index contributed by atoms with van der Waals surface area (Å²) >= 11 is 0. The van der Waals surface area contributed by atoms with Gasteiger partial charge in [-0.3, -0.25) is 9.39 Å². The van der Waals surface area contributed by atoms with Gasteiger partial charge in [0.05, 0.1) is 6.26 Å². The van der Waals surface area contributed by atoms with Crippen molar-refractivity contribution in [2.45, 2.75) is 19.4 Å². The highest BCUT2D eigenvalue weighted by Gasteiger charge is 2.04. The molecule has 0 bridgehead atoms. The Morgan fingerprint density at radius 2 is 2.07 bits per heavy atom. The first-order chi connectivity index (χ1) is 12.9. The fourth-order valence-corrected chi connectivity index (χ4v) is 2.52. The Bertz CT molecular complexity index is 818. The second-order valence-corrected chi connectivity index (χ2v) is 5.71. The third kappa shape index (κ3) is 6.51. The molecule has 0 radical (unpaired) electrons. The van der Waals surface area contributed by atoms with Crippen LogP contribution in [0.1, 0.15) is 18.0 Å². The second-order valence-electron chi connectivity index (χ2n) is 5.71. The Labute approximate surface area is 175 Å². The Hall–Kier alpha value is -2.14. The van der Waals surface area contributed by atoms with E-state index in [1.54, 1.807) is 13.3 Å². The molecular formula is C18H25IN6O2. The van der Waals surface area contributed by atoms with Crippen molar-refractivity contribution in [1.29, 1.82) is 0 Å². The normalized spacial score (nSPS) is 11.4. The summed E-state index contributed by atoms with van der Waals surface area (Å²) in [6, 6.07) is 9.64. The van der Waals surface area contributed by atoms with Crippen LogP contribution in [0.2, 0.25) is 0 Å². The smallest absolute Gasteiger partial charge is 0.190 e. The van der Waals surface area contributed by atoms with Crippen LogP contribution in [0.4, 0.5) is 0 Å². The van der Waals surface area contributed by atoms with Crippen LogP contribution in [-0.4, -0.2) is 47.3 Å². The Morgan fingerprint density at radius 3 is 2.89 bits per heavy atom. The van der Waals surface area contributed by atoms with Crippen LogP contribution in [-0.2, 0) is 17.8 Å². The van der Waals surface area contributed by atoms with Gasteiger partial charge in [0.1, 0.15) is 18.2 Å². The molecule has 0 fully saturated rings. The van der Waals surface area contributed by atoms with E-state index >= 15 is 0 Å². The predicted molar refractivity (Wildman–Crippen MR) is 114 cm³/mol. The topological polar surface area (TPSA) is 89.0 Å². The average Bonchev–Trinajstić information content (AvgIpc) is 3.33. The van der Waals surface area contributed by atoms with E-state index in [0.29, 0.717) is 13.2 Å². The van der Waals surface area contributed by atoms with Gasteiger partial charge in [-0.15, -0.1) is 34.2 Å². The minimum atomic E-state index is 0. The Kier molecular flexibility index (Phi) is 9.05. The fraction of sp³-hybridized carbons (Fsp3) is 0.389. The number of aliphatic imine (C=N–C) groups is 1. The molecule has 146 valence electrons. The highest BCUT2D eigenvalue weighted by atomic mass is 127.